The summed E-state index contributed by atoms with van der Waals surface area (Å²) >= 11 is 5.95. The topological polar surface area (TPSA) is 72.2 Å². The van der Waals surface area contributed by atoms with Gasteiger partial charge in [0.05, 0.1) is 15.5 Å². The number of rotatable bonds is 4. The van der Waals surface area contributed by atoms with E-state index < -0.39 is 4.92 Å². The van der Waals surface area contributed by atoms with Crippen LogP contribution in [0.2, 0.25) is 5.02 Å². The van der Waals surface area contributed by atoms with Crippen molar-refractivity contribution in [3.05, 3.63) is 38.9 Å². The van der Waals surface area contributed by atoms with Crippen LogP contribution in [0.15, 0.2) is 18.2 Å². The molecule has 0 unspecified atom stereocenters. The molecule has 1 aromatic carbocycles. The van der Waals surface area contributed by atoms with Crippen molar-refractivity contribution < 1.29 is 9.72 Å². The quantitative estimate of drug-likeness (QED) is 0.680. The Balaban J connectivity index is 2.23. The Morgan fingerprint density at radius 3 is 2.68 bits per heavy atom. The summed E-state index contributed by atoms with van der Waals surface area (Å²) < 4.78 is 0. The van der Waals surface area contributed by atoms with E-state index in [0.29, 0.717) is 0 Å². The van der Waals surface area contributed by atoms with Crippen molar-refractivity contribution >= 4 is 23.2 Å². The molecule has 0 heterocycles. The molecule has 0 atom stereocenters. The van der Waals surface area contributed by atoms with Crippen LogP contribution in [0.25, 0.3) is 0 Å². The molecular formula is C13H15ClN2O3. The van der Waals surface area contributed by atoms with Crippen molar-refractivity contribution in [3.63, 3.8) is 0 Å². The number of nitrogens with one attached hydrogen (secondary N) is 1. The van der Waals surface area contributed by atoms with Crippen molar-refractivity contribution in [3.8, 4) is 0 Å². The number of nitro groups is 1. The highest BCUT2D eigenvalue weighted by molar-refractivity contribution is 6.34. The molecular weight excluding hydrogens is 268 g/mol. The number of nitro benzene ring substituents is 1. The van der Waals surface area contributed by atoms with Crippen LogP contribution in [0, 0.1) is 10.1 Å². The fourth-order valence-electron chi connectivity index (χ4n) is 2.28. The number of benzene rings is 1. The van der Waals surface area contributed by atoms with Gasteiger partial charge < -0.3 is 5.32 Å². The van der Waals surface area contributed by atoms with E-state index >= 15 is 0 Å². The van der Waals surface area contributed by atoms with Gasteiger partial charge in [-0.1, -0.05) is 18.5 Å². The van der Waals surface area contributed by atoms with Crippen LogP contribution in [-0.4, -0.2) is 16.4 Å². The summed E-state index contributed by atoms with van der Waals surface area (Å²) in [5.74, 6) is -0.338. The smallest absolute Gasteiger partial charge is 0.270 e. The van der Waals surface area contributed by atoms with E-state index in [0.717, 1.165) is 25.7 Å². The maximum absolute atomic E-state index is 12.2. The normalized spacial score (nSPS) is 16.5. The Morgan fingerprint density at radius 2 is 2.21 bits per heavy atom. The van der Waals surface area contributed by atoms with Crippen molar-refractivity contribution in [2.75, 3.05) is 0 Å². The minimum Gasteiger partial charge on any atom is -0.347 e. The number of amides is 1. The number of hydrogen-bond acceptors (Lipinski definition) is 3. The molecule has 1 saturated carbocycles. The summed E-state index contributed by atoms with van der Waals surface area (Å²) in [6, 6.07) is 3.89. The number of hydrogen-bond donors (Lipinski definition) is 1. The number of halogens is 1. The maximum Gasteiger partial charge on any atom is 0.270 e. The first-order valence-corrected chi connectivity index (χ1v) is 6.62. The zero-order valence-corrected chi connectivity index (χ0v) is 11.4. The number of nitrogens with zero attached hydrogens (tertiary/aromatic N) is 1. The molecule has 0 bridgehead atoms. The molecule has 2 rings (SSSR count). The summed E-state index contributed by atoms with van der Waals surface area (Å²) in [6.45, 7) is 2.02. The molecule has 102 valence electrons. The van der Waals surface area contributed by atoms with Crippen LogP contribution in [0.4, 0.5) is 5.69 Å². The third kappa shape index (κ3) is 2.71. The van der Waals surface area contributed by atoms with Gasteiger partial charge in [0.15, 0.2) is 0 Å². The van der Waals surface area contributed by atoms with Crippen LogP contribution >= 0.6 is 11.6 Å². The molecule has 0 aromatic heterocycles. The third-order valence-electron chi connectivity index (χ3n) is 3.77. The van der Waals surface area contributed by atoms with Crippen LogP contribution in [0.1, 0.15) is 43.0 Å². The van der Waals surface area contributed by atoms with Gasteiger partial charge in [0.25, 0.3) is 11.6 Å². The first-order chi connectivity index (χ1) is 8.97. The molecule has 0 saturated heterocycles. The predicted octanol–water partition coefficient (Wildman–Crippen LogP) is 3.31. The molecule has 0 aliphatic heterocycles. The highest BCUT2D eigenvalue weighted by atomic mass is 35.5. The maximum atomic E-state index is 12.2. The van der Waals surface area contributed by atoms with Crippen LogP contribution in [0.5, 0.6) is 0 Å². The van der Waals surface area contributed by atoms with Gasteiger partial charge >= 0.3 is 0 Å². The molecule has 19 heavy (non-hydrogen) atoms. The standard InChI is InChI=1S/C13H15ClN2O3/c1-2-13(6-3-7-13)15-12(17)10-8-9(16(18)19)4-5-11(10)14/h4-5,8H,2-3,6-7H2,1H3,(H,15,17). The Bertz CT molecular complexity index is 521. The zero-order chi connectivity index (χ0) is 14.0. The van der Waals surface area contributed by atoms with E-state index in [-0.39, 0.29) is 27.7 Å². The average molecular weight is 283 g/mol. The molecule has 0 radical (unpaired) electrons. The van der Waals surface area contributed by atoms with Gasteiger partial charge in [0, 0.05) is 17.7 Å². The lowest BCUT2D eigenvalue weighted by molar-refractivity contribution is -0.384. The molecule has 1 aliphatic carbocycles. The van der Waals surface area contributed by atoms with Gasteiger partial charge in [-0.25, -0.2) is 0 Å². The Labute approximate surface area is 116 Å². The summed E-state index contributed by atoms with van der Waals surface area (Å²) in [4.78, 5) is 22.4. The number of carbonyl (C=O) groups is 1. The minimum atomic E-state index is -0.536. The predicted molar refractivity (Wildman–Crippen MR) is 72.4 cm³/mol. The van der Waals surface area contributed by atoms with Crippen LogP contribution < -0.4 is 5.32 Å². The monoisotopic (exact) mass is 282 g/mol. The summed E-state index contributed by atoms with van der Waals surface area (Å²) in [5.41, 5.74) is -0.130. The fourth-order valence-corrected chi connectivity index (χ4v) is 2.48. The van der Waals surface area contributed by atoms with Gasteiger partial charge in [-0.15, -0.1) is 0 Å². The van der Waals surface area contributed by atoms with Crippen LogP contribution in [0.3, 0.4) is 0 Å². The van der Waals surface area contributed by atoms with E-state index in [1.807, 2.05) is 6.92 Å². The van der Waals surface area contributed by atoms with Gasteiger partial charge in [-0.05, 0) is 31.7 Å². The summed E-state index contributed by atoms with van der Waals surface area (Å²) in [5, 5.41) is 13.9. The lowest BCUT2D eigenvalue weighted by Crippen LogP contribution is -2.53. The van der Waals surface area contributed by atoms with E-state index in [9.17, 15) is 14.9 Å². The zero-order valence-electron chi connectivity index (χ0n) is 10.6. The van der Waals surface area contributed by atoms with Gasteiger partial charge in [0.2, 0.25) is 0 Å². The van der Waals surface area contributed by atoms with Crippen molar-refractivity contribution in [1.82, 2.24) is 5.32 Å². The van der Waals surface area contributed by atoms with Gasteiger partial charge in [-0.2, -0.15) is 0 Å². The molecule has 6 heteroatoms. The Morgan fingerprint density at radius 1 is 1.53 bits per heavy atom. The number of non-ortho nitro benzene ring substituents is 1. The van der Waals surface area contributed by atoms with E-state index in [4.69, 9.17) is 11.6 Å². The first-order valence-electron chi connectivity index (χ1n) is 6.24. The van der Waals surface area contributed by atoms with Crippen molar-refractivity contribution in [2.45, 2.75) is 38.1 Å². The molecule has 1 amide bonds. The second kappa shape index (κ2) is 5.17. The van der Waals surface area contributed by atoms with E-state index in [1.54, 1.807) is 0 Å². The Hall–Kier alpha value is -1.62. The Kier molecular flexibility index (Phi) is 3.75. The SMILES string of the molecule is CCC1(NC(=O)c2cc([N+](=O)[O-])ccc2Cl)CCC1. The van der Waals surface area contributed by atoms with Crippen molar-refractivity contribution in [2.24, 2.45) is 0 Å². The summed E-state index contributed by atoms with van der Waals surface area (Å²) in [6.07, 6.45) is 3.84. The minimum absolute atomic E-state index is 0.131. The first kappa shape index (κ1) is 13.8. The average Bonchev–Trinajstić information content (AvgIpc) is 2.33. The van der Waals surface area contributed by atoms with Gasteiger partial charge in [0.1, 0.15) is 0 Å². The molecule has 1 aliphatic rings. The highest BCUT2D eigenvalue weighted by Crippen LogP contribution is 2.35. The highest BCUT2D eigenvalue weighted by Gasteiger charge is 2.37. The molecule has 0 spiro atoms. The lowest BCUT2D eigenvalue weighted by atomic mass is 9.74. The number of carbonyl (C=O) groups excluding carboxylic acids is 1. The largest absolute Gasteiger partial charge is 0.347 e. The third-order valence-corrected chi connectivity index (χ3v) is 4.10. The summed E-state index contributed by atoms with van der Waals surface area (Å²) in [7, 11) is 0. The second-order valence-electron chi connectivity index (χ2n) is 4.86. The molecule has 5 nitrogen and oxygen atoms in total. The lowest BCUT2D eigenvalue weighted by Gasteiger charge is -2.42. The molecule has 1 N–H and O–H groups in total. The molecule has 1 fully saturated rings. The van der Waals surface area contributed by atoms with E-state index in [2.05, 4.69) is 5.32 Å². The van der Waals surface area contributed by atoms with E-state index in [1.165, 1.54) is 18.2 Å². The van der Waals surface area contributed by atoms with Gasteiger partial charge in [-0.3, -0.25) is 14.9 Å². The second-order valence-corrected chi connectivity index (χ2v) is 5.27. The fraction of sp³-hybridized carbons (Fsp3) is 0.462. The van der Waals surface area contributed by atoms with Crippen molar-refractivity contribution in [1.29, 1.82) is 0 Å². The molecule has 1 aromatic rings. The van der Waals surface area contributed by atoms with Crippen LogP contribution in [-0.2, 0) is 0 Å².